The molecule has 7 heteroatoms. The standard InChI is InChI=1S/C13H22N2O3S2/c1-11(9-13-3-2-8-19-13)14-20(17,18)15-6-4-12(10-16)5-7-15/h2-3,8,11-12,14,16H,4-7,9-10H2,1H3. The highest BCUT2D eigenvalue weighted by Crippen LogP contribution is 2.19. The molecule has 1 saturated heterocycles. The molecule has 0 saturated carbocycles. The Bertz CT molecular complexity index is 494. The highest BCUT2D eigenvalue weighted by atomic mass is 32.2. The van der Waals surface area contributed by atoms with Gasteiger partial charge in [0.25, 0.3) is 10.2 Å². The number of thiophene rings is 1. The summed E-state index contributed by atoms with van der Waals surface area (Å²) in [6.07, 6.45) is 2.18. The Balaban J connectivity index is 1.87. The Morgan fingerprint density at radius 1 is 1.50 bits per heavy atom. The van der Waals surface area contributed by atoms with Gasteiger partial charge in [0.2, 0.25) is 0 Å². The average molecular weight is 318 g/mol. The minimum atomic E-state index is -3.41. The molecule has 2 N–H and O–H groups in total. The number of nitrogens with one attached hydrogen (secondary N) is 1. The van der Waals surface area contributed by atoms with Crippen LogP contribution in [0, 0.1) is 5.92 Å². The fourth-order valence-electron chi connectivity index (χ4n) is 2.43. The highest BCUT2D eigenvalue weighted by molar-refractivity contribution is 7.87. The fourth-order valence-corrected chi connectivity index (χ4v) is 4.70. The molecule has 0 radical (unpaired) electrons. The molecule has 5 nitrogen and oxygen atoms in total. The summed E-state index contributed by atoms with van der Waals surface area (Å²) in [6, 6.07) is 3.87. The summed E-state index contributed by atoms with van der Waals surface area (Å²) in [7, 11) is -3.41. The van der Waals surface area contributed by atoms with Gasteiger partial charge in [-0.15, -0.1) is 11.3 Å². The predicted molar refractivity (Wildman–Crippen MR) is 80.9 cm³/mol. The third-order valence-corrected chi connectivity index (χ3v) is 6.25. The normalized spacial score (nSPS) is 20.1. The molecule has 1 atom stereocenters. The number of nitrogens with zero attached hydrogens (tertiary/aromatic N) is 1. The summed E-state index contributed by atoms with van der Waals surface area (Å²) < 4.78 is 28.8. The summed E-state index contributed by atoms with van der Waals surface area (Å²) in [6.45, 7) is 3.02. The summed E-state index contributed by atoms with van der Waals surface area (Å²) in [4.78, 5) is 1.18. The lowest BCUT2D eigenvalue weighted by atomic mass is 10.00. The molecule has 2 rings (SSSR count). The molecule has 0 amide bonds. The van der Waals surface area contributed by atoms with Crippen LogP contribution in [-0.4, -0.2) is 43.6 Å². The van der Waals surface area contributed by atoms with E-state index in [1.165, 1.54) is 9.18 Å². The predicted octanol–water partition coefficient (Wildman–Crippen LogP) is 1.22. The second kappa shape index (κ2) is 7.00. The monoisotopic (exact) mass is 318 g/mol. The lowest BCUT2D eigenvalue weighted by Crippen LogP contribution is -2.48. The van der Waals surface area contributed by atoms with Crippen LogP contribution in [0.4, 0.5) is 0 Å². The third-order valence-electron chi connectivity index (χ3n) is 3.61. The van der Waals surface area contributed by atoms with Crippen LogP contribution in [0.3, 0.4) is 0 Å². The van der Waals surface area contributed by atoms with Crippen molar-refractivity contribution >= 4 is 21.5 Å². The smallest absolute Gasteiger partial charge is 0.279 e. The molecular formula is C13H22N2O3S2. The van der Waals surface area contributed by atoms with E-state index >= 15 is 0 Å². The molecule has 1 aliphatic rings. The molecule has 1 aromatic heterocycles. The van der Waals surface area contributed by atoms with Crippen molar-refractivity contribution < 1.29 is 13.5 Å². The zero-order chi connectivity index (χ0) is 14.6. The van der Waals surface area contributed by atoms with Crippen molar-refractivity contribution in [3.05, 3.63) is 22.4 Å². The number of hydrogen-bond acceptors (Lipinski definition) is 4. The molecule has 114 valence electrons. The zero-order valence-electron chi connectivity index (χ0n) is 11.7. The van der Waals surface area contributed by atoms with Crippen molar-refractivity contribution in [1.82, 2.24) is 9.03 Å². The van der Waals surface area contributed by atoms with Crippen LogP contribution in [0.15, 0.2) is 17.5 Å². The molecule has 2 heterocycles. The maximum absolute atomic E-state index is 12.3. The molecule has 0 aromatic carbocycles. The van der Waals surface area contributed by atoms with E-state index < -0.39 is 10.2 Å². The van der Waals surface area contributed by atoms with E-state index in [-0.39, 0.29) is 18.6 Å². The Morgan fingerprint density at radius 3 is 2.75 bits per heavy atom. The van der Waals surface area contributed by atoms with Crippen LogP contribution in [-0.2, 0) is 16.6 Å². The first-order chi connectivity index (χ1) is 9.51. The van der Waals surface area contributed by atoms with Crippen LogP contribution in [0.1, 0.15) is 24.6 Å². The SMILES string of the molecule is CC(Cc1cccs1)NS(=O)(=O)N1CCC(CO)CC1. The first kappa shape index (κ1) is 15.9. The summed E-state index contributed by atoms with van der Waals surface area (Å²) in [5, 5.41) is 11.1. The van der Waals surface area contributed by atoms with Gasteiger partial charge in [-0.2, -0.15) is 17.4 Å². The van der Waals surface area contributed by atoms with Crippen LogP contribution in [0.2, 0.25) is 0 Å². The number of aliphatic hydroxyl groups is 1. The summed E-state index contributed by atoms with van der Waals surface area (Å²) in [5.74, 6) is 0.241. The van der Waals surface area contributed by atoms with E-state index in [0.717, 1.165) is 12.8 Å². The van der Waals surface area contributed by atoms with E-state index in [2.05, 4.69) is 4.72 Å². The second-order valence-electron chi connectivity index (χ2n) is 5.33. The van der Waals surface area contributed by atoms with Gasteiger partial charge >= 0.3 is 0 Å². The van der Waals surface area contributed by atoms with E-state index in [1.54, 1.807) is 11.3 Å². The Kier molecular flexibility index (Phi) is 5.57. The molecule has 0 aliphatic carbocycles. The Morgan fingerprint density at radius 2 is 2.20 bits per heavy atom. The minimum absolute atomic E-state index is 0.116. The molecular weight excluding hydrogens is 296 g/mol. The average Bonchev–Trinajstić information content (AvgIpc) is 2.91. The molecule has 1 aliphatic heterocycles. The lowest BCUT2D eigenvalue weighted by Gasteiger charge is -2.31. The Hall–Kier alpha value is -0.470. The van der Waals surface area contributed by atoms with Crippen LogP contribution >= 0.6 is 11.3 Å². The molecule has 1 unspecified atom stereocenters. The van der Waals surface area contributed by atoms with E-state index in [1.807, 2.05) is 24.4 Å². The van der Waals surface area contributed by atoms with Crippen molar-refractivity contribution in [3.63, 3.8) is 0 Å². The van der Waals surface area contributed by atoms with Crippen LogP contribution in [0.25, 0.3) is 0 Å². The van der Waals surface area contributed by atoms with E-state index in [9.17, 15) is 8.42 Å². The van der Waals surface area contributed by atoms with Crippen molar-refractivity contribution in [3.8, 4) is 0 Å². The lowest BCUT2D eigenvalue weighted by molar-refractivity contribution is 0.169. The van der Waals surface area contributed by atoms with Crippen molar-refractivity contribution in [2.45, 2.75) is 32.2 Å². The van der Waals surface area contributed by atoms with Crippen LogP contribution < -0.4 is 4.72 Å². The van der Waals surface area contributed by atoms with E-state index in [0.29, 0.717) is 19.5 Å². The molecule has 0 bridgehead atoms. The van der Waals surface area contributed by atoms with Gasteiger partial charge in [0.1, 0.15) is 0 Å². The fraction of sp³-hybridized carbons (Fsp3) is 0.692. The molecule has 20 heavy (non-hydrogen) atoms. The largest absolute Gasteiger partial charge is 0.396 e. The molecule has 1 fully saturated rings. The van der Waals surface area contributed by atoms with Crippen molar-refractivity contribution in [2.75, 3.05) is 19.7 Å². The van der Waals surface area contributed by atoms with Gasteiger partial charge in [-0.1, -0.05) is 6.07 Å². The second-order valence-corrected chi connectivity index (χ2v) is 8.07. The number of piperidine rings is 1. The topological polar surface area (TPSA) is 69.6 Å². The molecule has 0 spiro atoms. The van der Waals surface area contributed by atoms with Gasteiger partial charge in [0, 0.05) is 30.6 Å². The first-order valence-electron chi connectivity index (χ1n) is 6.92. The van der Waals surface area contributed by atoms with Gasteiger partial charge in [-0.25, -0.2) is 0 Å². The van der Waals surface area contributed by atoms with Gasteiger partial charge in [0.15, 0.2) is 0 Å². The highest BCUT2D eigenvalue weighted by Gasteiger charge is 2.28. The van der Waals surface area contributed by atoms with Crippen molar-refractivity contribution in [1.29, 1.82) is 0 Å². The van der Waals surface area contributed by atoms with Crippen molar-refractivity contribution in [2.24, 2.45) is 5.92 Å². The molecule has 1 aromatic rings. The van der Waals surface area contributed by atoms with Crippen LogP contribution in [0.5, 0.6) is 0 Å². The quantitative estimate of drug-likeness (QED) is 0.828. The van der Waals surface area contributed by atoms with Gasteiger partial charge < -0.3 is 5.11 Å². The Labute approximate surface area is 124 Å². The summed E-state index contributed by atoms with van der Waals surface area (Å²) in [5.41, 5.74) is 0. The summed E-state index contributed by atoms with van der Waals surface area (Å²) >= 11 is 1.64. The number of aliphatic hydroxyl groups excluding tert-OH is 1. The van der Waals surface area contributed by atoms with Gasteiger partial charge in [0.05, 0.1) is 0 Å². The first-order valence-corrected chi connectivity index (χ1v) is 9.24. The zero-order valence-corrected chi connectivity index (χ0v) is 13.3. The number of hydrogen-bond donors (Lipinski definition) is 2. The maximum atomic E-state index is 12.3. The van der Waals surface area contributed by atoms with Gasteiger partial charge in [-0.3, -0.25) is 0 Å². The third kappa shape index (κ3) is 4.26. The van der Waals surface area contributed by atoms with E-state index in [4.69, 9.17) is 5.11 Å². The van der Waals surface area contributed by atoms with Gasteiger partial charge in [-0.05, 0) is 43.6 Å². The minimum Gasteiger partial charge on any atom is -0.396 e. The maximum Gasteiger partial charge on any atom is 0.279 e. The number of rotatable bonds is 6.